The van der Waals surface area contributed by atoms with Crippen LogP contribution in [0, 0.1) is 0 Å². The van der Waals surface area contributed by atoms with E-state index in [1.807, 2.05) is 42.1 Å². The first-order valence-electron chi connectivity index (χ1n) is 7.55. The van der Waals surface area contributed by atoms with Gasteiger partial charge in [0.25, 0.3) is 5.91 Å². The zero-order valence-electron chi connectivity index (χ0n) is 13.6. The van der Waals surface area contributed by atoms with Crippen LogP contribution in [0.5, 0.6) is 0 Å². The Bertz CT molecular complexity index is 855. The summed E-state index contributed by atoms with van der Waals surface area (Å²) in [6.07, 6.45) is 2.30. The van der Waals surface area contributed by atoms with Crippen LogP contribution < -0.4 is 0 Å². The minimum atomic E-state index is -3.05. The van der Waals surface area contributed by atoms with Gasteiger partial charge in [-0.1, -0.05) is 18.2 Å². The Hall–Kier alpha value is -1.86. The van der Waals surface area contributed by atoms with Crippen molar-refractivity contribution in [3.8, 4) is 0 Å². The normalized spacial score (nSPS) is 20.3. The van der Waals surface area contributed by atoms with Crippen LogP contribution in [0.2, 0.25) is 0 Å². The van der Waals surface area contributed by atoms with E-state index >= 15 is 0 Å². The summed E-state index contributed by atoms with van der Waals surface area (Å²) in [6.45, 7) is 0. The van der Waals surface area contributed by atoms with Gasteiger partial charge in [0, 0.05) is 38.2 Å². The third-order valence-corrected chi connectivity index (χ3v) is 6.07. The third kappa shape index (κ3) is 2.86. The zero-order chi connectivity index (χ0) is 16.8. The highest BCUT2D eigenvalue weighted by Gasteiger charge is 2.37. The van der Waals surface area contributed by atoms with Crippen LogP contribution in [0.4, 0.5) is 0 Å². The van der Waals surface area contributed by atoms with Gasteiger partial charge in [-0.15, -0.1) is 0 Å². The van der Waals surface area contributed by atoms with E-state index in [1.54, 1.807) is 24.1 Å². The third-order valence-electron chi connectivity index (χ3n) is 4.32. The van der Waals surface area contributed by atoms with Gasteiger partial charge in [0.05, 0.1) is 23.1 Å². The Balaban J connectivity index is 2.01. The maximum absolute atomic E-state index is 13.1. The molecule has 1 aliphatic heterocycles. The molecule has 1 amide bonds. The van der Waals surface area contributed by atoms with Gasteiger partial charge in [-0.05, 0) is 12.5 Å². The quantitative estimate of drug-likeness (QED) is 0.793. The number of amides is 1. The van der Waals surface area contributed by atoms with Gasteiger partial charge < -0.3 is 4.57 Å². The van der Waals surface area contributed by atoms with E-state index in [2.05, 4.69) is 0 Å². The first-order chi connectivity index (χ1) is 10.8. The molecule has 124 valence electrons. The molecule has 0 aliphatic carbocycles. The number of aromatic nitrogens is 1. The molecule has 6 nitrogen and oxygen atoms in total. The SMILES string of the molecule is CN(C)N(C(=O)c1cn(C)c2ccccc12)[C@H]1CCS(=O)(=O)C1. The average Bonchev–Trinajstić information content (AvgIpc) is 3.00. The van der Waals surface area contributed by atoms with Crippen LogP contribution in [0.15, 0.2) is 30.5 Å². The standard InChI is InChI=1S/C16H21N3O3S/c1-17(2)19(12-8-9-23(21,22)11-12)16(20)14-10-18(3)15-7-5-4-6-13(14)15/h4-7,10,12H,8-9,11H2,1-3H3/t12-/m0/s1. The Morgan fingerprint density at radius 3 is 2.57 bits per heavy atom. The lowest BCUT2D eigenvalue weighted by Crippen LogP contribution is -2.49. The number of sulfone groups is 1. The molecular weight excluding hydrogens is 314 g/mol. The highest BCUT2D eigenvalue weighted by molar-refractivity contribution is 7.91. The Morgan fingerprint density at radius 2 is 1.96 bits per heavy atom. The van der Waals surface area contributed by atoms with Crippen molar-refractivity contribution in [1.29, 1.82) is 0 Å². The lowest BCUT2D eigenvalue weighted by molar-refractivity contribution is 0.00118. The number of carbonyl (C=O) groups excluding carboxylic acids is 1. The molecule has 0 radical (unpaired) electrons. The van der Waals surface area contributed by atoms with E-state index in [1.165, 1.54) is 0 Å². The maximum atomic E-state index is 13.1. The molecule has 3 rings (SSSR count). The molecular formula is C16H21N3O3S. The van der Waals surface area contributed by atoms with E-state index in [0.29, 0.717) is 12.0 Å². The number of hydrogen-bond acceptors (Lipinski definition) is 4. The van der Waals surface area contributed by atoms with Gasteiger partial charge in [0.15, 0.2) is 9.84 Å². The number of rotatable bonds is 3. The number of hydrogen-bond donors (Lipinski definition) is 0. The predicted molar refractivity (Wildman–Crippen MR) is 89.8 cm³/mol. The number of benzene rings is 1. The molecule has 1 aliphatic rings. The van der Waals surface area contributed by atoms with Crippen molar-refractivity contribution in [2.75, 3.05) is 25.6 Å². The largest absolute Gasteiger partial charge is 0.350 e. The summed E-state index contributed by atoms with van der Waals surface area (Å²) in [5, 5.41) is 4.15. The van der Waals surface area contributed by atoms with Crippen LogP contribution in [0.3, 0.4) is 0 Å². The minimum Gasteiger partial charge on any atom is -0.350 e. The number of carbonyl (C=O) groups is 1. The van der Waals surface area contributed by atoms with E-state index in [-0.39, 0.29) is 23.5 Å². The smallest absolute Gasteiger partial charge is 0.270 e. The molecule has 0 spiro atoms. The number of para-hydroxylation sites is 1. The fourth-order valence-corrected chi connectivity index (χ4v) is 4.97. The Morgan fingerprint density at radius 1 is 1.26 bits per heavy atom. The molecule has 2 aromatic rings. The summed E-state index contributed by atoms with van der Waals surface area (Å²) in [7, 11) is 2.39. The summed E-state index contributed by atoms with van der Waals surface area (Å²) in [5.41, 5.74) is 1.58. The van der Waals surface area contributed by atoms with Crippen molar-refractivity contribution in [3.05, 3.63) is 36.0 Å². The van der Waals surface area contributed by atoms with Gasteiger partial charge in [-0.3, -0.25) is 9.80 Å². The minimum absolute atomic E-state index is 0.0295. The van der Waals surface area contributed by atoms with Crippen molar-refractivity contribution in [3.63, 3.8) is 0 Å². The Kier molecular flexibility index (Phi) is 3.93. The topological polar surface area (TPSA) is 62.6 Å². The van der Waals surface area contributed by atoms with Crippen LogP contribution in [0.1, 0.15) is 16.8 Å². The van der Waals surface area contributed by atoms with Gasteiger partial charge >= 0.3 is 0 Å². The molecule has 0 saturated carbocycles. The van der Waals surface area contributed by atoms with Gasteiger partial charge in [-0.25, -0.2) is 13.4 Å². The average molecular weight is 335 g/mol. The van der Waals surface area contributed by atoms with Crippen molar-refractivity contribution < 1.29 is 13.2 Å². The van der Waals surface area contributed by atoms with Crippen LogP contribution >= 0.6 is 0 Å². The van der Waals surface area contributed by atoms with Crippen LogP contribution in [-0.4, -0.2) is 60.6 Å². The number of hydrazine groups is 1. The first kappa shape index (κ1) is 16.0. The molecule has 7 heteroatoms. The number of aryl methyl sites for hydroxylation is 1. The molecule has 0 unspecified atom stereocenters. The van der Waals surface area contributed by atoms with Crippen molar-refractivity contribution in [1.82, 2.24) is 14.6 Å². The number of fused-ring (bicyclic) bond motifs is 1. The van der Waals surface area contributed by atoms with Crippen LogP contribution in [0.25, 0.3) is 10.9 Å². The summed E-state index contributed by atoms with van der Waals surface area (Å²) in [4.78, 5) is 13.1. The summed E-state index contributed by atoms with van der Waals surface area (Å²) in [6, 6.07) is 7.41. The van der Waals surface area contributed by atoms with Gasteiger partial charge in [-0.2, -0.15) is 0 Å². The number of nitrogens with zero attached hydrogens (tertiary/aromatic N) is 3. The van der Waals surface area contributed by atoms with Crippen LogP contribution in [-0.2, 0) is 16.9 Å². The predicted octanol–water partition coefficient (Wildman–Crippen LogP) is 1.28. The molecule has 23 heavy (non-hydrogen) atoms. The maximum Gasteiger partial charge on any atom is 0.270 e. The fraction of sp³-hybridized carbons (Fsp3) is 0.438. The second-order valence-corrected chi connectivity index (χ2v) is 8.45. The lowest BCUT2D eigenvalue weighted by atomic mass is 10.1. The highest BCUT2D eigenvalue weighted by Crippen LogP contribution is 2.25. The molecule has 0 N–H and O–H groups in total. The van der Waals surface area contributed by atoms with E-state index in [4.69, 9.17) is 0 Å². The molecule has 1 fully saturated rings. The fourth-order valence-electron chi connectivity index (χ4n) is 3.28. The highest BCUT2D eigenvalue weighted by atomic mass is 32.2. The lowest BCUT2D eigenvalue weighted by Gasteiger charge is -2.33. The molecule has 2 heterocycles. The molecule has 1 saturated heterocycles. The summed E-state index contributed by atoms with van der Waals surface area (Å²) in [5.74, 6) is 0.0147. The summed E-state index contributed by atoms with van der Waals surface area (Å²) < 4.78 is 25.5. The van der Waals surface area contributed by atoms with E-state index in [0.717, 1.165) is 10.9 Å². The monoisotopic (exact) mass is 335 g/mol. The van der Waals surface area contributed by atoms with Crippen molar-refractivity contribution in [2.45, 2.75) is 12.5 Å². The second kappa shape index (κ2) is 5.65. The van der Waals surface area contributed by atoms with Gasteiger partial charge in [0.1, 0.15) is 0 Å². The zero-order valence-corrected chi connectivity index (χ0v) is 14.4. The molecule has 1 atom stereocenters. The van der Waals surface area contributed by atoms with Crippen molar-refractivity contribution >= 4 is 26.6 Å². The van der Waals surface area contributed by atoms with E-state index < -0.39 is 9.84 Å². The van der Waals surface area contributed by atoms with E-state index in [9.17, 15) is 13.2 Å². The molecule has 1 aromatic carbocycles. The van der Waals surface area contributed by atoms with Gasteiger partial charge in [0.2, 0.25) is 0 Å². The molecule has 0 bridgehead atoms. The molecule has 1 aromatic heterocycles. The second-order valence-electron chi connectivity index (χ2n) is 6.22. The summed E-state index contributed by atoms with van der Waals surface area (Å²) >= 11 is 0. The first-order valence-corrected chi connectivity index (χ1v) is 9.37. The Labute approximate surface area is 136 Å². The van der Waals surface area contributed by atoms with Crippen molar-refractivity contribution in [2.24, 2.45) is 7.05 Å².